The molecule has 5 nitrogen and oxygen atoms in total. The highest BCUT2D eigenvalue weighted by Gasteiger charge is 2.38. The number of nitrogens with zero attached hydrogens (tertiary/aromatic N) is 2. The number of aliphatic hydroxyl groups excluding tert-OH is 1. The summed E-state index contributed by atoms with van der Waals surface area (Å²) in [5.74, 6) is 0.184. The van der Waals surface area contributed by atoms with E-state index in [1.165, 1.54) is 12.1 Å². The molecule has 114 valence electrons. The van der Waals surface area contributed by atoms with E-state index >= 15 is 0 Å². The predicted molar refractivity (Wildman–Crippen MR) is 70.9 cm³/mol. The lowest BCUT2D eigenvalue weighted by atomic mass is 10.1. The lowest BCUT2D eigenvalue weighted by Gasteiger charge is -2.13. The van der Waals surface area contributed by atoms with Gasteiger partial charge in [-0.3, -0.25) is 0 Å². The molecule has 1 heterocycles. The van der Waals surface area contributed by atoms with Gasteiger partial charge in [0.2, 0.25) is 0 Å². The molecule has 1 atom stereocenters. The topological polar surface area (TPSA) is 81.3 Å². The molecule has 9 heteroatoms. The van der Waals surface area contributed by atoms with Crippen molar-refractivity contribution >= 4 is 11.5 Å². The van der Waals surface area contributed by atoms with E-state index in [1.807, 2.05) is 0 Å². The Labute approximate surface area is 122 Å². The molecule has 0 bridgehead atoms. The summed E-state index contributed by atoms with van der Waals surface area (Å²) < 4.78 is 47.4. The first-order valence-corrected chi connectivity index (χ1v) is 6.70. The van der Waals surface area contributed by atoms with Crippen LogP contribution in [0.15, 0.2) is 24.3 Å². The molecule has 0 saturated carbocycles. The number of ether oxygens (including phenoxy) is 1. The summed E-state index contributed by atoms with van der Waals surface area (Å²) in [4.78, 5) is -0.891. The number of halogens is 3. The lowest BCUT2D eigenvalue weighted by Crippen LogP contribution is -2.26. The Morgan fingerprint density at radius 1 is 1.33 bits per heavy atom. The maximum Gasteiger partial charge on any atom is 0.429 e. The minimum atomic E-state index is -4.53. The van der Waals surface area contributed by atoms with Gasteiger partial charge in [-0.15, -0.1) is 5.10 Å². The van der Waals surface area contributed by atoms with Crippen LogP contribution in [0.4, 0.5) is 13.2 Å². The highest BCUT2D eigenvalue weighted by molar-refractivity contribution is 7.06. The van der Waals surface area contributed by atoms with E-state index < -0.39 is 17.2 Å². The van der Waals surface area contributed by atoms with Crippen molar-refractivity contribution in [2.45, 2.75) is 12.3 Å². The Hall–Kier alpha value is -1.71. The average Bonchev–Trinajstić information content (AvgIpc) is 2.94. The summed E-state index contributed by atoms with van der Waals surface area (Å²) in [7, 11) is 0. The average molecular weight is 319 g/mol. The number of benzene rings is 1. The minimum absolute atomic E-state index is 0.00573. The highest BCUT2D eigenvalue weighted by atomic mass is 32.1. The SMILES string of the molecule is NCC(O)COc1ccccc1-c1nnsc1C(F)(F)F. The Morgan fingerprint density at radius 3 is 2.71 bits per heavy atom. The maximum absolute atomic E-state index is 12.9. The predicted octanol–water partition coefficient (Wildman–Crippen LogP) is 1.92. The molecule has 0 fully saturated rings. The van der Waals surface area contributed by atoms with Crippen molar-refractivity contribution in [1.29, 1.82) is 0 Å². The Balaban J connectivity index is 2.35. The fraction of sp³-hybridized carbons (Fsp3) is 0.333. The van der Waals surface area contributed by atoms with Crippen LogP contribution >= 0.6 is 11.5 Å². The summed E-state index contributed by atoms with van der Waals surface area (Å²) in [6.07, 6.45) is -5.43. The number of aliphatic hydroxyl groups is 1. The summed E-state index contributed by atoms with van der Waals surface area (Å²) >= 11 is 0.278. The van der Waals surface area contributed by atoms with Crippen LogP contribution < -0.4 is 10.5 Å². The molecule has 3 N–H and O–H groups in total. The molecule has 2 rings (SSSR count). The maximum atomic E-state index is 12.9. The van der Waals surface area contributed by atoms with Gasteiger partial charge in [0.05, 0.1) is 0 Å². The standard InChI is InChI=1S/C12H12F3N3O2S/c13-12(14,15)11-10(17-18-21-11)8-3-1-2-4-9(8)20-6-7(19)5-16/h1-4,7,19H,5-6,16H2. The largest absolute Gasteiger partial charge is 0.490 e. The van der Waals surface area contributed by atoms with E-state index in [9.17, 15) is 18.3 Å². The first-order chi connectivity index (χ1) is 9.93. The van der Waals surface area contributed by atoms with Gasteiger partial charge in [0.1, 0.15) is 24.2 Å². The van der Waals surface area contributed by atoms with Gasteiger partial charge < -0.3 is 15.6 Å². The summed E-state index contributed by atoms with van der Waals surface area (Å²) in [6.45, 7) is -0.124. The molecule has 0 spiro atoms. The first-order valence-electron chi connectivity index (χ1n) is 5.93. The summed E-state index contributed by atoms with van der Waals surface area (Å²) in [6, 6.07) is 6.13. The van der Waals surface area contributed by atoms with Gasteiger partial charge in [0, 0.05) is 12.1 Å². The monoisotopic (exact) mass is 319 g/mol. The van der Waals surface area contributed by atoms with Crippen LogP contribution in [-0.2, 0) is 6.18 Å². The van der Waals surface area contributed by atoms with E-state index in [0.29, 0.717) is 0 Å². The van der Waals surface area contributed by atoms with Crippen molar-refractivity contribution < 1.29 is 23.0 Å². The number of hydrogen-bond donors (Lipinski definition) is 2. The third kappa shape index (κ3) is 3.69. The number of rotatable bonds is 5. The normalized spacial score (nSPS) is 13.2. The van der Waals surface area contributed by atoms with Gasteiger partial charge in [-0.1, -0.05) is 16.6 Å². The molecule has 2 aromatic rings. The summed E-state index contributed by atoms with van der Waals surface area (Å²) in [5, 5.41) is 12.9. The molecule has 0 aliphatic rings. The quantitative estimate of drug-likeness (QED) is 0.880. The number of nitrogens with two attached hydrogens (primary N) is 1. The van der Waals surface area contributed by atoms with Gasteiger partial charge in [-0.25, -0.2) is 0 Å². The van der Waals surface area contributed by atoms with Crippen LogP contribution in [-0.4, -0.2) is 33.9 Å². The molecule has 0 radical (unpaired) electrons. The molecule has 1 aromatic heterocycles. The fourth-order valence-corrected chi connectivity index (χ4v) is 2.14. The van der Waals surface area contributed by atoms with Crippen molar-refractivity contribution in [3.05, 3.63) is 29.1 Å². The summed E-state index contributed by atoms with van der Waals surface area (Å²) in [5.41, 5.74) is 5.13. The van der Waals surface area contributed by atoms with Crippen molar-refractivity contribution in [1.82, 2.24) is 9.59 Å². The Morgan fingerprint density at radius 2 is 2.05 bits per heavy atom. The van der Waals surface area contributed by atoms with Crippen molar-refractivity contribution in [3.8, 4) is 17.0 Å². The molecule has 0 amide bonds. The zero-order valence-electron chi connectivity index (χ0n) is 10.7. The second-order valence-electron chi connectivity index (χ2n) is 4.15. The van der Waals surface area contributed by atoms with Gasteiger partial charge in [-0.05, 0) is 23.7 Å². The van der Waals surface area contributed by atoms with Crippen molar-refractivity contribution in [2.24, 2.45) is 5.73 Å². The molecular weight excluding hydrogens is 307 g/mol. The number of para-hydroxylation sites is 1. The van der Waals surface area contributed by atoms with Crippen LogP contribution in [0, 0.1) is 0 Å². The smallest absolute Gasteiger partial charge is 0.429 e. The zero-order chi connectivity index (χ0) is 15.5. The van der Waals surface area contributed by atoms with Crippen LogP contribution in [0.3, 0.4) is 0 Å². The molecule has 1 aromatic carbocycles. The van der Waals surface area contributed by atoms with Gasteiger partial charge in [0.15, 0.2) is 4.88 Å². The molecule has 0 aliphatic carbocycles. The zero-order valence-corrected chi connectivity index (χ0v) is 11.5. The highest BCUT2D eigenvalue weighted by Crippen LogP contribution is 2.40. The first kappa shape index (κ1) is 15.7. The number of hydrogen-bond acceptors (Lipinski definition) is 6. The third-order valence-corrected chi connectivity index (χ3v) is 3.36. The molecule has 0 aliphatic heterocycles. The number of alkyl halides is 3. The van der Waals surface area contributed by atoms with Crippen molar-refractivity contribution in [2.75, 3.05) is 13.2 Å². The van der Waals surface area contributed by atoms with Crippen molar-refractivity contribution in [3.63, 3.8) is 0 Å². The minimum Gasteiger partial charge on any atom is -0.490 e. The van der Waals surface area contributed by atoms with Crippen LogP contribution in [0.1, 0.15) is 4.88 Å². The van der Waals surface area contributed by atoms with E-state index in [-0.39, 0.29) is 41.7 Å². The Kier molecular flexibility index (Phi) is 4.76. The molecule has 21 heavy (non-hydrogen) atoms. The van der Waals surface area contributed by atoms with Crippen LogP contribution in [0.2, 0.25) is 0 Å². The van der Waals surface area contributed by atoms with Gasteiger partial charge in [-0.2, -0.15) is 13.2 Å². The van der Waals surface area contributed by atoms with E-state index in [0.717, 1.165) is 0 Å². The Bertz CT molecular complexity index is 603. The van der Waals surface area contributed by atoms with Gasteiger partial charge >= 0.3 is 6.18 Å². The lowest BCUT2D eigenvalue weighted by molar-refractivity contribution is -0.134. The van der Waals surface area contributed by atoms with Crippen LogP contribution in [0.5, 0.6) is 5.75 Å². The molecule has 0 saturated heterocycles. The second kappa shape index (κ2) is 6.37. The van der Waals surface area contributed by atoms with E-state index in [4.69, 9.17) is 10.5 Å². The van der Waals surface area contributed by atoms with E-state index in [1.54, 1.807) is 12.1 Å². The second-order valence-corrected chi connectivity index (χ2v) is 4.90. The van der Waals surface area contributed by atoms with E-state index in [2.05, 4.69) is 9.59 Å². The van der Waals surface area contributed by atoms with Crippen LogP contribution in [0.25, 0.3) is 11.3 Å². The number of aromatic nitrogens is 2. The molecular formula is C12H12F3N3O2S. The third-order valence-electron chi connectivity index (χ3n) is 2.59. The molecule has 1 unspecified atom stereocenters. The fourth-order valence-electron chi connectivity index (χ4n) is 1.60. The van der Waals surface area contributed by atoms with Gasteiger partial charge in [0.25, 0.3) is 0 Å².